The number of rotatable bonds is 14. The highest BCUT2D eigenvalue weighted by Gasteiger charge is 2.37. The third-order valence-electron chi connectivity index (χ3n) is 20.8. The molecule has 9 aromatic heterocycles. The van der Waals surface area contributed by atoms with E-state index < -0.39 is 28.0 Å². The number of ether oxygens (including phenoxy) is 2. The number of nitrogens with one attached hydrogen (secondary N) is 3. The molecule has 3 fully saturated rings. The summed E-state index contributed by atoms with van der Waals surface area (Å²) in [5, 5.41) is 43.2. The summed E-state index contributed by atoms with van der Waals surface area (Å²) in [6.45, 7) is 25.5. The Morgan fingerprint density at radius 2 is 0.839 bits per heavy atom. The molecule has 3 saturated carbocycles. The van der Waals surface area contributed by atoms with Crippen LogP contribution in [0.25, 0.3) is 50.6 Å². The number of nitrogen functional groups attached to an aromatic ring is 1. The van der Waals surface area contributed by atoms with Gasteiger partial charge in [0.25, 0.3) is 16.7 Å². The fraction of sp³-hybridized carbons (Fsp3) is 0.419. The van der Waals surface area contributed by atoms with Crippen LogP contribution in [-0.2, 0) is 65.2 Å². The fourth-order valence-electron chi connectivity index (χ4n) is 14.4. The molecule has 6 aliphatic rings. The van der Waals surface area contributed by atoms with Gasteiger partial charge in [0, 0.05) is 68.4 Å². The van der Waals surface area contributed by atoms with Gasteiger partial charge in [0.1, 0.15) is 44.2 Å². The number of nitrogens with two attached hydrogens (primary N) is 1. The van der Waals surface area contributed by atoms with Crippen molar-refractivity contribution in [3.63, 3.8) is 0 Å². The monoisotopic (exact) mass is 1620 g/mol. The summed E-state index contributed by atoms with van der Waals surface area (Å²) >= 11 is 1.43. The summed E-state index contributed by atoms with van der Waals surface area (Å²) < 4.78 is 21.4. The highest BCUT2D eigenvalue weighted by Crippen LogP contribution is 2.40. The van der Waals surface area contributed by atoms with Gasteiger partial charge < -0.3 is 56.3 Å². The standard InChI is InChI=1S/C30H35N7O4.C25H27N7O2.C17H19N5O2S.C14H20N2O2/c1-29(2,3)41-28(39)35-14-13-18-9-10-20(15-19(18)17-35)32-27-31-16-22-25(34-27)37(36(26(22)38)21-11-12-21)24-8-6-7-23(33-24)30(4,5)40;1-25(2,34)20-4-3-5-21(29-20)32-22-19(23(33)31(32)18-8-9-18)14-27-24(30-22)28-17-7-6-15-10-11-26-13-16(15)12-17;1-17(2,24)12-5-4-6-13(19-12)22-14-11(9-18-16(20-14)25-3)15(23)21(22)10-7-8-10;1-14(2,3)18-13(17)16-7-6-10-4-5-12(15)8-11(10)9-16/h6-10,15-16,21,40H,11-14,17H2,1-5H3,(H,31,32,34);3-7,12,14,18,26,34H,8-11,13H2,1-2H3,(H,27,28,30);4-6,9-10,24H,7-8H2,1-3H3;4-5,8H,6-7,9,15H2,1-3H3. The number of pyridine rings is 3. The number of carbonyl (C=O) groups is 2. The van der Waals surface area contributed by atoms with E-state index >= 15 is 0 Å². The minimum absolute atomic E-state index is 0.0641. The minimum atomic E-state index is -1.14. The first kappa shape index (κ1) is 81.4. The van der Waals surface area contributed by atoms with Gasteiger partial charge in [0.05, 0.1) is 35.2 Å². The van der Waals surface area contributed by atoms with E-state index in [9.17, 15) is 39.3 Å². The van der Waals surface area contributed by atoms with Crippen molar-refractivity contribution in [1.82, 2.24) is 88.1 Å². The van der Waals surface area contributed by atoms with Crippen LogP contribution in [0.1, 0.15) is 190 Å². The molecule has 616 valence electrons. The Morgan fingerprint density at radius 3 is 1.23 bits per heavy atom. The van der Waals surface area contributed by atoms with Crippen molar-refractivity contribution in [2.45, 2.75) is 212 Å². The smallest absolute Gasteiger partial charge is 0.410 e. The molecule has 18 rings (SSSR count). The highest BCUT2D eigenvalue weighted by atomic mass is 32.2. The summed E-state index contributed by atoms with van der Waals surface area (Å²) in [5.41, 5.74) is 13.7. The number of benzene rings is 3. The lowest BCUT2D eigenvalue weighted by atomic mass is 9.99. The Bertz CT molecular complexity index is 6040. The maximum Gasteiger partial charge on any atom is 0.410 e. The third-order valence-corrected chi connectivity index (χ3v) is 21.4. The van der Waals surface area contributed by atoms with Gasteiger partial charge in [0.2, 0.25) is 11.9 Å². The van der Waals surface area contributed by atoms with Crippen LogP contribution in [0.5, 0.6) is 0 Å². The molecule has 3 aliphatic heterocycles. The molecule has 32 heteroatoms. The molecule has 2 amide bonds. The first-order valence-corrected chi connectivity index (χ1v) is 41.2. The Kier molecular flexibility index (Phi) is 22.1. The van der Waals surface area contributed by atoms with E-state index in [0.29, 0.717) is 111 Å². The molecule has 0 bridgehead atoms. The largest absolute Gasteiger partial charge is 0.444 e. The Morgan fingerprint density at radius 1 is 0.466 bits per heavy atom. The van der Waals surface area contributed by atoms with Gasteiger partial charge in [-0.1, -0.05) is 48.2 Å². The number of carbonyl (C=O) groups excluding carboxylic acids is 2. The van der Waals surface area contributed by atoms with Crippen molar-refractivity contribution >= 4 is 86.0 Å². The van der Waals surface area contributed by atoms with Crippen LogP contribution < -0.4 is 38.4 Å². The van der Waals surface area contributed by atoms with Crippen LogP contribution in [0.3, 0.4) is 0 Å². The highest BCUT2D eigenvalue weighted by molar-refractivity contribution is 7.98. The lowest BCUT2D eigenvalue weighted by molar-refractivity contribution is 0.0214. The molecule has 12 heterocycles. The van der Waals surface area contributed by atoms with Gasteiger partial charge in [-0.3, -0.25) is 14.4 Å². The van der Waals surface area contributed by atoms with E-state index in [1.165, 1.54) is 34.0 Å². The van der Waals surface area contributed by atoms with Crippen molar-refractivity contribution < 1.29 is 34.4 Å². The van der Waals surface area contributed by atoms with Crippen LogP contribution in [0, 0.1) is 0 Å². The van der Waals surface area contributed by atoms with Gasteiger partial charge >= 0.3 is 12.2 Å². The number of nitrogens with zero attached hydrogens (tertiary/aromatic N) is 17. The van der Waals surface area contributed by atoms with E-state index in [0.717, 1.165) is 99.1 Å². The molecule has 0 radical (unpaired) electrons. The first-order chi connectivity index (χ1) is 56.0. The topological polar surface area (TPSA) is 379 Å². The predicted octanol–water partition coefficient (Wildman–Crippen LogP) is 12.3. The average molecular weight is 1620 g/mol. The SMILES string of the molecule is CC(C)(C)OC(=O)N1CCc2ccc(N)cc2C1.CC(C)(C)OC(=O)N1CCc2ccc(Nc3ncc4c(=O)n(C5CC5)n(-c5cccc(C(C)(C)O)n5)c4n3)cc2C1.CC(C)(O)c1cccc(-n2c3nc(Nc4ccc5c(c4)CNCC5)ncc3c(=O)n2C2CC2)n1.CSc1ncc2c(=O)n(C3CC3)n(-c3cccc(C(C)(C)O)n3)c2n1. The molecule has 8 N–H and O–H groups in total. The molecular weight excluding hydrogens is 1520 g/mol. The Labute approximate surface area is 685 Å². The summed E-state index contributed by atoms with van der Waals surface area (Å²) in [6, 6.07) is 34.8. The first-order valence-electron chi connectivity index (χ1n) is 40.0. The Hall–Kier alpha value is -11.7. The second-order valence-electron chi connectivity index (χ2n) is 34.3. The average Bonchev–Trinajstić information content (AvgIpc) is 1.59. The van der Waals surface area contributed by atoms with Crippen molar-refractivity contribution in [3.8, 4) is 17.5 Å². The molecule has 12 aromatic rings. The van der Waals surface area contributed by atoms with Crippen LogP contribution in [0.2, 0.25) is 0 Å². The zero-order chi connectivity index (χ0) is 83.7. The number of thioether (sulfide) groups is 1. The molecule has 0 spiro atoms. The fourth-order valence-corrected chi connectivity index (χ4v) is 14.8. The maximum absolute atomic E-state index is 13.4. The second-order valence-corrected chi connectivity index (χ2v) is 35.1. The lowest BCUT2D eigenvalue weighted by Crippen LogP contribution is -2.39. The van der Waals surface area contributed by atoms with Gasteiger partial charge in [-0.25, -0.2) is 72.6 Å². The van der Waals surface area contributed by atoms with Crippen LogP contribution in [0.4, 0.5) is 38.5 Å². The minimum Gasteiger partial charge on any atom is -0.444 e. The molecule has 118 heavy (non-hydrogen) atoms. The number of anilines is 5. The third kappa shape index (κ3) is 18.0. The van der Waals surface area contributed by atoms with Gasteiger partial charge in [-0.05, 0) is 260 Å². The number of fused-ring (bicyclic) bond motifs is 6. The zero-order valence-electron chi connectivity index (χ0n) is 68.8. The number of hydrogen-bond donors (Lipinski definition) is 7. The maximum atomic E-state index is 13.4. The predicted molar refractivity (Wildman–Crippen MR) is 451 cm³/mol. The van der Waals surface area contributed by atoms with E-state index in [4.69, 9.17) is 25.2 Å². The number of aromatic nitrogens is 15. The van der Waals surface area contributed by atoms with E-state index in [1.54, 1.807) is 116 Å². The van der Waals surface area contributed by atoms with Crippen molar-refractivity contribution in [3.05, 3.63) is 209 Å². The Balaban J connectivity index is 0.000000128. The summed E-state index contributed by atoms with van der Waals surface area (Å²) in [5.74, 6) is 2.37. The van der Waals surface area contributed by atoms with Crippen molar-refractivity contribution in [2.24, 2.45) is 0 Å². The van der Waals surface area contributed by atoms with E-state index in [2.05, 4.69) is 63.0 Å². The van der Waals surface area contributed by atoms with Crippen molar-refractivity contribution in [2.75, 3.05) is 42.3 Å². The van der Waals surface area contributed by atoms with Crippen LogP contribution in [-0.4, -0.2) is 147 Å². The number of hydrogen-bond acceptors (Lipinski definition) is 24. The number of aliphatic hydroxyl groups is 3. The van der Waals surface area contributed by atoms with Gasteiger partial charge in [0.15, 0.2) is 39.6 Å². The van der Waals surface area contributed by atoms with Gasteiger partial charge in [-0.2, -0.15) is 9.97 Å². The normalized spacial score (nSPS) is 15.5. The van der Waals surface area contributed by atoms with E-state index in [1.807, 2.05) is 127 Å². The van der Waals surface area contributed by atoms with E-state index in [-0.39, 0.29) is 47.0 Å². The summed E-state index contributed by atoms with van der Waals surface area (Å²) in [6.07, 6.45) is 14.3. The summed E-state index contributed by atoms with van der Waals surface area (Å²) in [4.78, 5) is 109. The van der Waals surface area contributed by atoms with Crippen LogP contribution >= 0.6 is 11.8 Å². The van der Waals surface area contributed by atoms with Crippen molar-refractivity contribution in [1.29, 1.82) is 0 Å². The quantitative estimate of drug-likeness (QED) is 0.0302. The molecular formula is C86H101N21O10S. The summed E-state index contributed by atoms with van der Waals surface area (Å²) in [7, 11) is 0. The molecule has 0 saturated heterocycles. The number of amides is 2. The van der Waals surface area contributed by atoms with Crippen LogP contribution in [0.15, 0.2) is 147 Å². The molecule has 0 unspecified atom stereocenters. The second kappa shape index (κ2) is 32.0. The molecule has 3 aliphatic carbocycles. The molecule has 3 aromatic carbocycles. The zero-order valence-corrected chi connectivity index (χ0v) is 69.6. The lowest BCUT2D eigenvalue weighted by Gasteiger charge is -2.31. The molecule has 0 atom stereocenters. The van der Waals surface area contributed by atoms with Gasteiger partial charge in [-0.15, -0.1) is 0 Å². The molecule has 31 nitrogen and oxygen atoms in total.